The topological polar surface area (TPSA) is 90.4 Å². The van der Waals surface area contributed by atoms with Crippen molar-refractivity contribution >= 4 is 5.82 Å². The molecule has 92 valence electrons. The standard InChI is InChI=1S/C10H12FN3O3/c11-4-6-3-7(5-15)17-9(6)14-2-1-8(12)13-10(14)16/h1-2,4,7,9,15H,3,5H2,(H2,12,13,16)/b6-4+. The number of nitrogens with two attached hydrogens (primary N) is 1. The molecule has 2 rings (SSSR count). The van der Waals surface area contributed by atoms with E-state index < -0.39 is 18.0 Å². The van der Waals surface area contributed by atoms with Gasteiger partial charge in [0.05, 0.1) is 19.0 Å². The molecule has 2 unspecified atom stereocenters. The van der Waals surface area contributed by atoms with E-state index in [1.807, 2.05) is 0 Å². The van der Waals surface area contributed by atoms with Gasteiger partial charge in [0, 0.05) is 18.2 Å². The van der Waals surface area contributed by atoms with Gasteiger partial charge in [-0.2, -0.15) is 4.98 Å². The Morgan fingerprint density at radius 1 is 1.76 bits per heavy atom. The van der Waals surface area contributed by atoms with Crippen molar-refractivity contribution in [1.82, 2.24) is 9.55 Å². The Morgan fingerprint density at radius 2 is 2.53 bits per heavy atom. The molecule has 0 radical (unpaired) electrons. The van der Waals surface area contributed by atoms with Crippen molar-refractivity contribution in [1.29, 1.82) is 0 Å². The van der Waals surface area contributed by atoms with Crippen LogP contribution in [0.5, 0.6) is 0 Å². The van der Waals surface area contributed by atoms with E-state index in [0.717, 1.165) is 4.57 Å². The lowest BCUT2D eigenvalue weighted by Crippen LogP contribution is -2.28. The second-order valence-corrected chi connectivity index (χ2v) is 3.72. The molecule has 1 saturated heterocycles. The number of rotatable bonds is 2. The Labute approximate surface area is 96.1 Å². The predicted molar refractivity (Wildman–Crippen MR) is 57.7 cm³/mol. The smallest absolute Gasteiger partial charge is 0.351 e. The van der Waals surface area contributed by atoms with Gasteiger partial charge in [-0.3, -0.25) is 4.57 Å². The van der Waals surface area contributed by atoms with Crippen LogP contribution in [-0.2, 0) is 4.74 Å². The SMILES string of the molecule is Nc1ccn(C2OC(CO)C/C2=C\F)c(=O)n1. The van der Waals surface area contributed by atoms with E-state index in [9.17, 15) is 9.18 Å². The summed E-state index contributed by atoms with van der Waals surface area (Å²) in [5.41, 5.74) is 5.02. The number of aliphatic hydroxyl groups excluding tert-OH is 1. The Morgan fingerprint density at radius 3 is 3.12 bits per heavy atom. The van der Waals surface area contributed by atoms with Crippen LogP contribution in [0.15, 0.2) is 29.0 Å². The number of ether oxygens (including phenoxy) is 1. The fourth-order valence-electron chi connectivity index (χ4n) is 1.74. The Kier molecular flexibility index (Phi) is 3.21. The van der Waals surface area contributed by atoms with E-state index in [2.05, 4.69) is 4.98 Å². The van der Waals surface area contributed by atoms with Crippen LogP contribution in [0.4, 0.5) is 10.2 Å². The molecule has 1 aliphatic heterocycles. The molecule has 1 fully saturated rings. The zero-order chi connectivity index (χ0) is 12.4. The third-order valence-electron chi connectivity index (χ3n) is 2.55. The first-order chi connectivity index (χ1) is 8.15. The van der Waals surface area contributed by atoms with E-state index in [0.29, 0.717) is 6.33 Å². The van der Waals surface area contributed by atoms with Gasteiger partial charge in [0.2, 0.25) is 0 Å². The average molecular weight is 241 g/mol. The molecular formula is C10H12FN3O3. The Balaban J connectivity index is 2.36. The molecular weight excluding hydrogens is 229 g/mol. The van der Waals surface area contributed by atoms with Gasteiger partial charge in [-0.25, -0.2) is 9.18 Å². The van der Waals surface area contributed by atoms with E-state index in [1.165, 1.54) is 12.3 Å². The highest BCUT2D eigenvalue weighted by Gasteiger charge is 2.31. The van der Waals surface area contributed by atoms with Crippen LogP contribution in [-0.4, -0.2) is 27.4 Å². The maximum atomic E-state index is 12.7. The van der Waals surface area contributed by atoms with Crippen LogP contribution in [0.3, 0.4) is 0 Å². The lowest BCUT2D eigenvalue weighted by Gasteiger charge is -2.14. The number of hydrogen-bond acceptors (Lipinski definition) is 5. The maximum Gasteiger partial charge on any atom is 0.351 e. The summed E-state index contributed by atoms with van der Waals surface area (Å²) >= 11 is 0. The number of nitrogens with zero attached hydrogens (tertiary/aromatic N) is 2. The van der Waals surface area contributed by atoms with Crippen LogP contribution in [0.2, 0.25) is 0 Å². The van der Waals surface area contributed by atoms with Gasteiger partial charge in [-0.15, -0.1) is 0 Å². The third kappa shape index (κ3) is 2.20. The van der Waals surface area contributed by atoms with Gasteiger partial charge in [-0.1, -0.05) is 0 Å². The van der Waals surface area contributed by atoms with Crippen molar-refractivity contribution in [3.63, 3.8) is 0 Å². The molecule has 7 heteroatoms. The molecule has 1 aromatic heterocycles. The number of aromatic nitrogens is 2. The zero-order valence-electron chi connectivity index (χ0n) is 8.91. The molecule has 3 N–H and O–H groups in total. The van der Waals surface area contributed by atoms with E-state index in [1.54, 1.807) is 0 Å². The second-order valence-electron chi connectivity index (χ2n) is 3.72. The molecule has 2 atom stereocenters. The van der Waals surface area contributed by atoms with Crippen molar-refractivity contribution in [2.45, 2.75) is 18.8 Å². The van der Waals surface area contributed by atoms with Crippen molar-refractivity contribution < 1.29 is 14.2 Å². The largest absolute Gasteiger partial charge is 0.394 e. The highest BCUT2D eigenvalue weighted by Crippen LogP contribution is 2.32. The van der Waals surface area contributed by atoms with Gasteiger partial charge in [0.25, 0.3) is 0 Å². The van der Waals surface area contributed by atoms with E-state index in [4.69, 9.17) is 15.6 Å². The van der Waals surface area contributed by atoms with Crippen molar-refractivity contribution in [2.75, 3.05) is 12.3 Å². The Bertz CT molecular complexity index is 500. The first-order valence-electron chi connectivity index (χ1n) is 5.06. The van der Waals surface area contributed by atoms with Gasteiger partial charge in [0.1, 0.15) is 5.82 Å². The minimum Gasteiger partial charge on any atom is -0.394 e. The molecule has 2 heterocycles. The van der Waals surface area contributed by atoms with Gasteiger partial charge < -0.3 is 15.6 Å². The minimum absolute atomic E-state index is 0.0914. The number of anilines is 1. The maximum absolute atomic E-state index is 12.7. The van der Waals surface area contributed by atoms with Crippen LogP contribution in [0.25, 0.3) is 0 Å². The normalized spacial score (nSPS) is 26.6. The number of aliphatic hydroxyl groups is 1. The fourth-order valence-corrected chi connectivity index (χ4v) is 1.74. The Hall–Kier alpha value is -1.73. The van der Waals surface area contributed by atoms with Crippen LogP contribution < -0.4 is 11.4 Å². The number of hydrogen-bond donors (Lipinski definition) is 2. The molecule has 0 aliphatic carbocycles. The lowest BCUT2D eigenvalue weighted by molar-refractivity contribution is -0.0171. The third-order valence-corrected chi connectivity index (χ3v) is 2.55. The summed E-state index contributed by atoms with van der Waals surface area (Å²) in [4.78, 5) is 15.1. The molecule has 0 bridgehead atoms. The van der Waals surface area contributed by atoms with Crippen molar-refractivity contribution in [3.8, 4) is 0 Å². The average Bonchev–Trinajstić information content (AvgIpc) is 2.72. The highest BCUT2D eigenvalue weighted by atomic mass is 19.1. The highest BCUT2D eigenvalue weighted by molar-refractivity contribution is 5.24. The van der Waals surface area contributed by atoms with Crippen LogP contribution in [0.1, 0.15) is 12.6 Å². The van der Waals surface area contributed by atoms with Gasteiger partial charge in [-0.05, 0) is 6.07 Å². The van der Waals surface area contributed by atoms with Crippen LogP contribution in [0, 0.1) is 0 Å². The zero-order valence-corrected chi connectivity index (χ0v) is 8.91. The quantitative estimate of drug-likeness (QED) is 0.758. The first-order valence-corrected chi connectivity index (χ1v) is 5.06. The second kappa shape index (κ2) is 4.64. The summed E-state index contributed by atoms with van der Waals surface area (Å²) in [6, 6.07) is 1.42. The summed E-state index contributed by atoms with van der Waals surface area (Å²) in [6.07, 6.45) is 0.653. The van der Waals surface area contributed by atoms with Gasteiger partial charge >= 0.3 is 5.69 Å². The predicted octanol–water partition coefficient (Wildman–Crippen LogP) is -0.0413. The molecule has 17 heavy (non-hydrogen) atoms. The molecule has 1 aromatic rings. The van der Waals surface area contributed by atoms with Gasteiger partial charge in [0.15, 0.2) is 6.23 Å². The molecule has 0 spiro atoms. The molecule has 0 amide bonds. The summed E-state index contributed by atoms with van der Waals surface area (Å²) < 4.78 is 19.2. The summed E-state index contributed by atoms with van der Waals surface area (Å²) in [7, 11) is 0. The van der Waals surface area contributed by atoms with Crippen molar-refractivity contribution in [3.05, 3.63) is 34.7 Å². The summed E-state index contributed by atoms with van der Waals surface area (Å²) in [5, 5.41) is 8.96. The van der Waals surface area contributed by atoms with E-state index in [-0.39, 0.29) is 24.4 Å². The first kappa shape index (κ1) is 11.7. The number of nitrogen functional groups attached to an aromatic ring is 1. The summed E-state index contributed by atoms with van der Waals surface area (Å²) in [5.74, 6) is 0.0914. The molecule has 0 aromatic carbocycles. The fraction of sp³-hybridized carbons (Fsp3) is 0.400. The molecule has 0 saturated carbocycles. The molecule has 1 aliphatic rings. The minimum atomic E-state index is -0.863. The summed E-state index contributed by atoms with van der Waals surface area (Å²) in [6.45, 7) is -0.231. The monoisotopic (exact) mass is 241 g/mol. The number of halogens is 1. The van der Waals surface area contributed by atoms with Crippen LogP contribution >= 0.6 is 0 Å². The molecule has 6 nitrogen and oxygen atoms in total. The lowest BCUT2D eigenvalue weighted by atomic mass is 10.1. The van der Waals surface area contributed by atoms with E-state index >= 15 is 0 Å². The van der Waals surface area contributed by atoms with Crippen molar-refractivity contribution in [2.24, 2.45) is 0 Å².